The van der Waals surface area contributed by atoms with Crippen LogP contribution in [0.15, 0.2) is 17.5 Å². The maximum absolute atomic E-state index is 12.4. The van der Waals surface area contributed by atoms with Crippen molar-refractivity contribution in [2.75, 3.05) is 19.6 Å². The van der Waals surface area contributed by atoms with Crippen LogP contribution < -0.4 is 5.32 Å². The van der Waals surface area contributed by atoms with Gasteiger partial charge in [-0.05, 0) is 50.1 Å². The van der Waals surface area contributed by atoms with E-state index in [2.05, 4.69) is 34.7 Å². The van der Waals surface area contributed by atoms with Gasteiger partial charge >= 0.3 is 0 Å². The molecule has 3 nitrogen and oxygen atoms in total. The van der Waals surface area contributed by atoms with E-state index < -0.39 is 0 Å². The van der Waals surface area contributed by atoms with Crippen molar-refractivity contribution >= 4 is 29.7 Å². The van der Waals surface area contributed by atoms with E-state index in [4.69, 9.17) is 0 Å². The van der Waals surface area contributed by atoms with Crippen molar-refractivity contribution in [3.63, 3.8) is 0 Å². The van der Waals surface area contributed by atoms with Gasteiger partial charge in [0.05, 0.1) is 0 Å². The van der Waals surface area contributed by atoms with Crippen LogP contribution in [0, 0.1) is 0 Å². The minimum Gasteiger partial charge on any atom is -0.338 e. The van der Waals surface area contributed by atoms with Crippen molar-refractivity contribution < 1.29 is 4.79 Å². The largest absolute Gasteiger partial charge is 0.338 e. The summed E-state index contributed by atoms with van der Waals surface area (Å²) >= 11 is 1.83. The molecule has 1 fully saturated rings. The number of nitrogens with one attached hydrogen (secondary N) is 1. The molecule has 1 atom stereocenters. The Balaban J connectivity index is 0.00000242. The predicted molar refractivity (Wildman–Crippen MR) is 97.0 cm³/mol. The molecule has 1 N–H and O–H groups in total. The van der Waals surface area contributed by atoms with Crippen molar-refractivity contribution in [2.45, 2.75) is 57.9 Å². The molecule has 0 aromatic carbocycles. The SMILES string of the molecule is CCCN(C(=O)CCCCCc1cccs1)C1CCNC1.Cl. The molecule has 1 saturated heterocycles. The highest BCUT2D eigenvalue weighted by Crippen LogP contribution is 2.15. The van der Waals surface area contributed by atoms with E-state index in [0.717, 1.165) is 58.2 Å². The molecule has 0 saturated carbocycles. The van der Waals surface area contributed by atoms with Gasteiger partial charge in [-0.3, -0.25) is 4.79 Å². The highest BCUT2D eigenvalue weighted by atomic mass is 35.5. The van der Waals surface area contributed by atoms with Crippen LogP contribution in [0.1, 0.15) is 50.3 Å². The van der Waals surface area contributed by atoms with E-state index in [-0.39, 0.29) is 12.4 Å². The molecule has 126 valence electrons. The average Bonchev–Trinajstić information content (AvgIpc) is 3.17. The summed E-state index contributed by atoms with van der Waals surface area (Å²) in [5.74, 6) is 0.363. The van der Waals surface area contributed by atoms with Crippen LogP contribution in [0.4, 0.5) is 0 Å². The zero-order valence-corrected chi connectivity index (χ0v) is 15.2. The number of hydrogen-bond donors (Lipinski definition) is 1. The van der Waals surface area contributed by atoms with Crippen LogP contribution in [-0.2, 0) is 11.2 Å². The van der Waals surface area contributed by atoms with Crippen molar-refractivity contribution in [1.29, 1.82) is 0 Å². The van der Waals surface area contributed by atoms with Crippen molar-refractivity contribution in [3.8, 4) is 0 Å². The normalized spacial score (nSPS) is 17.2. The molecule has 1 unspecified atom stereocenters. The lowest BCUT2D eigenvalue weighted by Crippen LogP contribution is -2.41. The van der Waals surface area contributed by atoms with E-state index in [9.17, 15) is 4.79 Å². The Bertz CT molecular complexity index is 405. The number of thiophene rings is 1. The Kier molecular flexibility index (Phi) is 9.76. The fraction of sp³-hybridized carbons (Fsp3) is 0.706. The highest BCUT2D eigenvalue weighted by Gasteiger charge is 2.25. The molecular weight excluding hydrogens is 316 g/mol. The van der Waals surface area contributed by atoms with E-state index in [1.54, 1.807) is 0 Å². The van der Waals surface area contributed by atoms with Gasteiger partial charge in [0.15, 0.2) is 0 Å². The molecule has 1 aromatic heterocycles. The molecular formula is C17H29ClN2OS. The Morgan fingerprint density at radius 1 is 1.41 bits per heavy atom. The average molecular weight is 345 g/mol. The number of amides is 1. The second-order valence-corrected chi connectivity index (χ2v) is 6.91. The Morgan fingerprint density at radius 2 is 2.27 bits per heavy atom. The first-order valence-corrected chi connectivity index (χ1v) is 9.21. The van der Waals surface area contributed by atoms with E-state index >= 15 is 0 Å². The Labute approximate surface area is 144 Å². The van der Waals surface area contributed by atoms with Crippen molar-refractivity contribution in [3.05, 3.63) is 22.4 Å². The number of hydrogen-bond acceptors (Lipinski definition) is 3. The minimum absolute atomic E-state index is 0. The maximum Gasteiger partial charge on any atom is 0.222 e. The number of halogens is 1. The lowest BCUT2D eigenvalue weighted by atomic mass is 10.1. The Hall–Kier alpha value is -0.580. The van der Waals surface area contributed by atoms with Crippen LogP contribution in [0.5, 0.6) is 0 Å². The smallest absolute Gasteiger partial charge is 0.222 e. The molecule has 1 aliphatic rings. The van der Waals surface area contributed by atoms with Gasteiger partial charge < -0.3 is 10.2 Å². The molecule has 1 aromatic rings. The standard InChI is InChI=1S/C17H28N2OS.ClH/c1-2-12-19(15-10-11-18-14-15)17(20)9-5-3-4-7-16-8-6-13-21-16;/h6,8,13,15,18H,2-5,7,9-12,14H2,1H3;1H. The lowest BCUT2D eigenvalue weighted by molar-refractivity contribution is -0.133. The molecule has 0 bridgehead atoms. The fourth-order valence-electron chi connectivity index (χ4n) is 3.01. The number of aryl methyl sites for hydroxylation is 1. The number of rotatable bonds is 9. The molecule has 22 heavy (non-hydrogen) atoms. The van der Waals surface area contributed by atoms with Gasteiger partial charge in [-0.25, -0.2) is 0 Å². The number of nitrogens with zero attached hydrogens (tertiary/aromatic N) is 1. The number of unbranched alkanes of at least 4 members (excludes halogenated alkanes) is 2. The van der Waals surface area contributed by atoms with Crippen LogP contribution in [0.2, 0.25) is 0 Å². The third-order valence-electron chi connectivity index (χ3n) is 4.15. The summed E-state index contributed by atoms with van der Waals surface area (Å²) in [7, 11) is 0. The van der Waals surface area contributed by atoms with Gasteiger partial charge in [0.1, 0.15) is 0 Å². The predicted octanol–water partition coefficient (Wildman–Crippen LogP) is 3.87. The van der Waals surface area contributed by atoms with E-state index in [1.807, 2.05) is 11.3 Å². The topological polar surface area (TPSA) is 32.3 Å². The first kappa shape index (κ1) is 19.5. The van der Waals surface area contributed by atoms with Gasteiger partial charge in [-0.1, -0.05) is 19.4 Å². The van der Waals surface area contributed by atoms with E-state index in [0.29, 0.717) is 11.9 Å². The second kappa shape index (κ2) is 11.0. The molecule has 5 heteroatoms. The van der Waals surface area contributed by atoms with Crippen LogP contribution >= 0.6 is 23.7 Å². The molecule has 0 spiro atoms. The third kappa shape index (κ3) is 6.27. The second-order valence-electron chi connectivity index (χ2n) is 5.87. The zero-order valence-electron chi connectivity index (χ0n) is 13.6. The summed E-state index contributed by atoms with van der Waals surface area (Å²) in [6.07, 6.45) is 7.45. The fourth-order valence-corrected chi connectivity index (χ4v) is 3.76. The van der Waals surface area contributed by atoms with Crippen molar-refractivity contribution in [1.82, 2.24) is 10.2 Å². The summed E-state index contributed by atoms with van der Waals surface area (Å²) in [6, 6.07) is 4.75. The number of carbonyl (C=O) groups is 1. The van der Waals surface area contributed by atoms with Crippen molar-refractivity contribution in [2.24, 2.45) is 0 Å². The summed E-state index contributed by atoms with van der Waals surface area (Å²) < 4.78 is 0. The summed E-state index contributed by atoms with van der Waals surface area (Å²) in [4.78, 5) is 16.0. The lowest BCUT2D eigenvalue weighted by Gasteiger charge is -2.28. The quantitative estimate of drug-likeness (QED) is 0.689. The summed E-state index contributed by atoms with van der Waals surface area (Å²) in [6.45, 7) is 5.10. The third-order valence-corrected chi connectivity index (χ3v) is 5.09. The van der Waals surface area contributed by atoms with Gasteiger partial charge in [-0.2, -0.15) is 0 Å². The molecule has 1 aliphatic heterocycles. The van der Waals surface area contributed by atoms with Crippen LogP contribution in [0.3, 0.4) is 0 Å². The minimum atomic E-state index is 0. The molecule has 0 aliphatic carbocycles. The van der Waals surface area contributed by atoms with Gasteiger partial charge in [0.25, 0.3) is 0 Å². The monoisotopic (exact) mass is 344 g/mol. The van der Waals surface area contributed by atoms with Gasteiger partial charge in [0, 0.05) is 30.4 Å². The first-order chi connectivity index (χ1) is 10.3. The summed E-state index contributed by atoms with van der Waals surface area (Å²) in [5, 5.41) is 5.50. The van der Waals surface area contributed by atoms with E-state index in [1.165, 1.54) is 11.3 Å². The molecule has 2 rings (SSSR count). The van der Waals surface area contributed by atoms with Gasteiger partial charge in [-0.15, -0.1) is 23.7 Å². The van der Waals surface area contributed by atoms with Crippen LogP contribution in [-0.4, -0.2) is 36.5 Å². The Morgan fingerprint density at radius 3 is 2.91 bits per heavy atom. The van der Waals surface area contributed by atoms with Crippen LogP contribution in [0.25, 0.3) is 0 Å². The first-order valence-electron chi connectivity index (χ1n) is 8.34. The molecule has 1 amide bonds. The maximum atomic E-state index is 12.4. The molecule has 2 heterocycles. The summed E-state index contributed by atoms with van der Waals surface area (Å²) in [5.41, 5.74) is 0. The zero-order chi connectivity index (χ0) is 14.9. The number of carbonyl (C=O) groups excluding carboxylic acids is 1. The molecule has 0 radical (unpaired) electrons. The highest BCUT2D eigenvalue weighted by molar-refractivity contribution is 7.09. The van der Waals surface area contributed by atoms with Gasteiger partial charge in [0.2, 0.25) is 5.91 Å².